The lowest BCUT2D eigenvalue weighted by Gasteiger charge is -2.12. The number of nitrogens with zero attached hydrogens (tertiary/aromatic N) is 1. The van der Waals surface area contributed by atoms with Crippen molar-refractivity contribution in [3.8, 4) is 0 Å². The first-order chi connectivity index (χ1) is 9.60. The number of aromatic nitrogens is 1. The van der Waals surface area contributed by atoms with Gasteiger partial charge in [-0.05, 0) is 32.4 Å². The van der Waals surface area contributed by atoms with Crippen molar-refractivity contribution >= 4 is 5.91 Å². The Kier molecular flexibility index (Phi) is 4.61. The van der Waals surface area contributed by atoms with Gasteiger partial charge in [-0.15, -0.1) is 0 Å². The van der Waals surface area contributed by atoms with Crippen molar-refractivity contribution in [3.05, 3.63) is 41.5 Å². The molecule has 0 aliphatic carbocycles. The van der Waals surface area contributed by atoms with E-state index < -0.39 is 0 Å². The number of carbonyl (C=O) groups is 1. The lowest BCUT2D eigenvalue weighted by Crippen LogP contribution is -2.33. The number of rotatable bonds is 6. The Balaban J connectivity index is 1.88. The molecule has 5 nitrogen and oxygen atoms in total. The number of amides is 1. The van der Waals surface area contributed by atoms with Gasteiger partial charge in [0.1, 0.15) is 5.76 Å². The highest BCUT2D eigenvalue weighted by Gasteiger charge is 2.18. The number of aryl methyl sites for hydroxylation is 3. The first kappa shape index (κ1) is 14.4. The Bertz CT molecular complexity index is 558. The van der Waals surface area contributed by atoms with E-state index in [1.807, 2.05) is 26.0 Å². The molecular formula is C15H20N2O3. The van der Waals surface area contributed by atoms with Crippen LogP contribution in [0.5, 0.6) is 0 Å². The number of oxazole rings is 1. The molecule has 0 radical (unpaired) electrons. The molecule has 0 aromatic carbocycles. The summed E-state index contributed by atoms with van der Waals surface area (Å²) in [5.41, 5.74) is 0.637. The zero-order valence-electron chi connectivity index (χ0n) is 12.1. The van der Waals surface area contributed by atoms with Gasteiger partial charge in [0.05, 0.1) is 12.0 Å². The Morgan fingerprint density at radius 1 is 1.50 bits per heavy atom. The zero-order valence-corrected chi connectivity index (χ0v) is 12.1. The quantitative estimate of drug-likeness (QED) is 0.880. The van der Waals surface area contributed by atoms with Crippen LogP contribution in [0.15, 0.2) is 27.2 Å². The minimum Gasteiger partial charge on any atom is -0.469 e. The first-order valence-electron chi connectivity index (χ1n) is 6.89. The van der Waals surface area contributed by atoms with E-state index in [4.69, 9.17) is 8.83 Å². The number of hydrogen-bond acceptors (Lipinski definition) is 4. The van der Waals surface area contributed by atoms with E-state index in [1.165, 1.54) is 0 Å². The van der Waals surface area contributed by atoms with Crippen molar-refractivity contribution in [2.45, 2.75) is 46.1 Å². The van der Waals surface area contributed by atoms with Gasteiger partial charge in [0.25, 0.3) is 5.91 Å². The highest BCUT2D eigenvalue weighted by atomic mass is 16.4. The number of furan rings is 1. The molecule has 2 aromatic heterocycles. The Morgan fingerprint density at radius 2 is 2.30 bits per heavy atom. The number of carbonyl (C=O) groups excluding carboxylic acids is 1. The minimum absolute atomic E-state index is 0.0437. The fraction of sp³-hybridized carbons (Fsp3) is 0.467. The molecule has 2 heterocycles. The van der Waals surface area contributed by atoms with Crippen LogP contribution < -0.4 is 5.32 Å². The lowest BCUT2D eigenvalue weighted by atomic mass is 10.1. The molecule has 1 atom stereocenters. The summed E-state index contributed by atoms with van der Waals surface area (Å²) in [4.78, 5) is 16.3. The van der Waals surface area contributed by atoms with Crippen molar-refractivity contribution in [3.63, 3.8) is 0 Å². The SMILES string of the molecule is CCc1nc(C)c(C(=O)NC(C)CCc2ccco2)o1. The molecule has 2 rings (SSSR count). The third-order valence-corrected chi connectivity index (χ3v) is 3.13. The second-order valence-electron chi connectivity index (χ2n) is 4.87. The molecule has 1 unspecified atom stereocenters. The molecule has 0 saturated heterocycles. The largest absolute Gasteiger partial charge is 0.469 e. The first-order valence-corrected chi connectivity index (χ1v) is 6.89. The molecule has 0 saturated carbocycles. The summed E-state index contributed by atoms with van der Waals surface area (Å²) >= 11 is 0. The zero-order chi connectivity index (χ0) is 14.5. The monoisotopic (exact) mass is 276 g/mol. The van der Waals surface area contributed by atoms with Gasteiger partial charge in [-0.1, -0.05) is 6.92 Å². The van der Waals surface area contributed by atoms with Crippen LogP contribution >= 0.6 is 0 Å². The average molecular weight is 276 g/mol. The van der Waals surface area contributed by atoms with Gasteiger partial charge in [-0.2, -0.15) is 0 Å². The van der Waals surface area contributed by atoms with Crippen molar-refractivity contribution in [2.24, 2.45) is 0 Å². The summed E-state index contributed by atoms with van der Waals surface area (Å²) in [7, 11) is 0. The summed E-state index contributed by atoms with van der Waals surface area (Å²) in [6.45, 7) is 5.69. The lowest BCUT2D eigenvalue weighted by molar-refractivity contribution is 0.0907. The second-order valence-corrected chi connectivity index (χ2v) is 4.87. The van der Waals surface area contributed by atoms with Crippen LogP contribution in [0.2, 0.25) is 0 Å². The van der Waals surface area contributed by atoms with Crippen molar-refractivity contribution < 1.29 is 13.6 Å². The Morgan fingerprint density at radius 3 is 2.90 bits per heavy atom. The molecule has 0 aliphatic rings. The van der Waals surface area contributed by atoms with Crippen molar-refractivity contribution in [2.75, 3.05) is 0 Å². The Hall–Kier alpha value is -2.04. The Labute approximate surface area is 118 Å². The molecule has 5 heteroatoms. The summed E-state index contributed by atoms with van der Waals surface area (Å²) in [5.74, 6) is 1.62. The van der Waals surface area contributed by atoms with E-state index in [-0.39, 0.29) is 11.9 Å². The fourth-order valence-electron chi connectivity index (χ4n) is 1.99. The van der Waals surface area contributed by atoms with Crippen molar-refractivity contribution in [1.82, 2.24) is 10.3 Å². The maximum atomic E-state index is 12.1. The van der Waals surface area contributed by atoms with E-state index in [0.29, 0.717) is 23.8 Å². The van der Waals surface area contributed by atoms with Crippen LogP contribution in [0.4, 0.5) is 0 Å². The third-order valence-electron chi connectivity index (χ3n) is 3.13. The summed E-state index contributed by atoms with van der Waals surface area (Å²) < 4.78 is 10.7. The molecular weight excluding hydrogens is 256 g/mol. The van der Waals surface area contributed by atoms with Gasteiger partial charge >= 0.3 is 0 Å². The molecule has 20 heavy (non-hydrogen) atoms. The smallest absolute Gasteiger partial charge is 0.289 e. The maximum Gasteiger partial charge on any atom is 0.289 e. The number of hydrogen-bond donors (Lipinski definition) is 1. The summed E-state index contributed by atoms with van der Waals surface area (Å²) in [6.07, 6.45) is 3.95. The van der Waals surface area contributed by atoms with Crippen LogP contribution in [-0.2, 0) is 12.8 Å². The van der Waals surface area contributed by atoms with Gasteiger partial charge in [0.2, 0.25) is 5.76 Å². The summed E-state index contributed by atoms with van der Waals surface area (Å²) in [6, 6.07) is 3.84. The fourth-order valence-corrected chi connectivity index (χ4v) is 1.99. The molecule has 2 aromatic rings. The molecule has 1 N–H and O–H groups in total. The number of nitrogens with one attached hydrogen (secondary N) is 1. The predicted molar refractivity (Wildman–Crippen MR) is 74.6 cm³/mol. The highest BCUT2D eigenvalue weighted by Crippen LogP contribution is 2.12. The summed E-state index contributed by atoms with van der Waals surface area (Å²) in [5, 5.41) is 2.92. The van der Waals surface area contributed by atoms with E-state index >= 15 is 0 Å². The normalized spacial score (nSPS) is 12.3. The van der Waals surface area contributed by atoms with Crippen LogP contribution in [-0.4, -0.2) is 16.9 Å². The minimum atomic E-state index is -0.207. The van der Waals surface area contributed by atoms with Gasteiger partial charge < -0.3 is 14.2 Å². The second kappa shape index (κ2) is 6.41. The van der Waals surface area contributed by atoms with E-state index in [2.05, 4.69) is 10.3 Å². The molecule has 0 bridgehead atoms. The van der Waals surface area contributed by atoms with Crippen LogP contribution in [0.25, 0.3) is 0 Å². The molecule has 0 fully saturated rings. The standard InChI is InChI=1S/C15H20N2O3/c1-4-13-17-11(3)14(20-13)15(18)16-10(2)7-8-12-6-5-9-19-12/h5-6,9-10H,4,7-8H2,1-3H3,(H,16,18). The van der Waals surface area contributed by atoms with Crippen LogP contribution in [0, 0.1) is 6.92 Å². The molecule has 0 aliphatic heterocycles. The molecule has 1 amide bonds. The van der Waals surface area contributed by atoms with Gasteiger partial charge in [-0.25, -0.2) is 4.98 Å². The van der Waals surface area contributed by atoms with E-state index in [0.717, 1.165) is 18.6 Å². The van der Waals surface area contributed by atoms with Crippen molar-refractivity contribution in [1.29, 1.82) is 0 Å². The molecule has 0 spiro atoms. The van der Waals surface area contributed by atoms with Gasteiger partial charge in [-0.3, -0.25) is 4.79 Å². The van der Waals surface area contributed by atoms with Gasteiger partial charge in [0.15, 0.2) is 5.89 Å². The average Bonchev–Trinajstić information content (AvgIpc) is 3.05. The highest BCUT2D eigenvalue weighted by molar-refractivity contribution is 5.92. The predicted octanol–water partition coefficient (Wildman–Crippen LogP) is 2.89. The van der Waals surface area contributed by atoms with E-state index in [9.17, 15) is 4.79 Å². The van der Waals surface area contributed by atoms with Crippen LogP contribution in [0.1, 0.15) is 48.2 Å². The van der Waals surface area contributed by atoms with Crippen LogP contribution in [0.3, 0.4) is 0 Å². The maximum absolute atomic E-state index is 12.1. The molecule has 108 valence electrons. The topological polar surface area (TPSA) is 68.3 Å². The van der Waals surface area contributed by atoms with E-state index in [1.54, 1.807) is 13.2 Å². The van der Waals surface area contributed by atoms with Gasteiger partial charge in [0, 0.05) is 18.9 Å². The third kappa shape index (κ3) is 3.50.